The minimum absolute atomic E-state index is 0.107. The van der Waals surface area contributed by atoms with Gasteiger partial charge in [-0.25, -0.2) is 13.1 Å². The number of carbonyl (C=O) groups is 1. The summed E-state index contributed by atoms with van der Waals surface area (Å²) < 4.78 is 26.0. The van der Waals surface area contributed by atoms with Crippen LogP contribution < -0.4 is 4.72 Å². The summed E-state index contributed by atoms with van der Waals surface area (Å²) >= 11 is 1.77. The topological polar surface area (TPSA) is 66.5 Å². The van der Waals surface area contributed by atoms with Gasteiger partial charge in [0.05, 0.1) is 5.25 Å². The van der Waals surface area contributed by atoms with E-state index in [4.69, 9.17) is 0 Å². The summed E-state index contributed by atoms with van der Waals surface area (Å²) in [5.74, 6) is 0.692. The molecule has 22 heavy (non-hydrogen) atoms. The van der Waals surface area contributed by atoms with E-state index in [9.17, 15) is 13.2 Å². The number of carbonyl (C=O) groups excluding carboxylic acids is 1. The van der Waals surface area contributed by atoms with Gasteiger partial charge in [0.1, 0.15) is 0 Å². The second-order valence-electron chi connectivity index (χ2n) is 6.17. The van der Waals surface area contributed by atoms with Crippen LogP contribution in [-0.4, -0.2) is 44.6 Å². The highest BCUT2D eigenvalue weighted by atomic mass is 32.2. The Kier molecular flexibility index (Phi) is 4.31. The highest BCUT2D eigenvalue weighted by molar-refractivity contribution is 7.90. The van der Waals surface area contributed by atoms with Gasteiger partial charge < -0.3 is 4.90 Å². The van der Waals surface area contributed by atoms with Crippen molar-refractivity contribution < 1.29 is 13.2 Å². The number of nitrogens with zero attached hydrogens (tertiary/aromatic N) is 1. The van der Waals surface area contributed by atoms with Gasteiger partial charge in [0, 0.05) is 34.7 Å². The molecule has 7 heteroatoms. The first-order valence-electron chi connectivity index (χ1n) is 7.70. The Morgan fingerprint density at radius 1 is 1.32 bits per heavy atom. The Labute approximate surface area is 135 Å². The molecular weight excluding hydrogens is 320 g/mol. The molecule has 2 atom stereocenters. The first-order chi connectivity index (χ1) is 10.4. The molecule has 122 valence electrons. The average molecular weight is 342 g/mol. The molecule has 0 aromatic carbocycles. The number of nitrogens with one attached hydrogen (secondary N) is 1. The Morgan fingerprint density at radius 3 is 2.55 bits per heavy atom. The molecule has 0 unspecified atom stereocenters. The summed E-state index contributed by atoms with van der Waals surface area (Å²) in [6, 6.07) is 4.23. The zero-order chi connectivity index (χ0) is 15.9. The van der Waals surface area contributed by atoms with Crippen LogP contribution in [0, 0.1) is 12.8 Å². The van der Waals surface area contributed by atoms with Gasteiger partial charge in [-0.1, -0.05) is 0 Å². The van der Waals surface area contributed by atoms with Crippen molar-refractivity contribution in [3.63, 3.8) is 0 Å². The molecule has 1 amide bonds. The van der Waals surface area contributed by atoms with Crippen LogP contribution in [0.4, 0.5) is 0 Å². The SMILES string of the molecule is CNS(=O)(=O)C1CCN(C(=O)[C@@H]2C[C@@H]2c2ccc(C)s2)CC1. The smallest absolute Gasteiger partial charge is 0.226 e. The molecule has 2 aliphatic rings. The number of sulfonamides is 1. The Balaban J connectivity index is 1.55. The van der Waals surface area contributed by atoms with Crippen molar-refractivity contribution >= 4 is 27.3 Å². The number of likely N-dealkylation sites (tertiary alicyclic amines) is 1. The maximum absolute atomic E-state index is 12.5. The molecular formula is C15H22N2O3S2. The van der Waals surface area contributed by atoms with Crippen LogP contribution in [0.15, 0.2) is 12.1 Å². The molecule has 1 N–H and O–H groups in total. The highest BCUT2D eigenvalue weighted by Crippen LogP contribution is 2.50. The lowest BCUT2D eigenvalue weighted by molar-refractivity contribution is -0.133. The molecule has 1 aliphatic heterocycles. The quantitative estimate of drug-likeness (QED) is 0.906. The summed E-state index contributed by atoms with van der Waals surface area (Å²) in [7, 11) is -1.76. The summed E-state index contributed by atoms with van der Waals surface area (Å²) in [4.78, 5) is 17.0. The van der Waals surface area contributed by atoms with Crippen molar-refractivity contribution in [1.29, 1.82) is 0 Å². The summed E-state index contributed by atoms with van der Waals surface area (Å²) in [6.07, 6.45) is 2.00. The Morgan fingerprint density at radius 2 is 2.00 bits per heavy atom. The van der Waals surface area contributed by atoms with Crippen LogP contribution in [0.2, 0.25) is 0 Å². The van der Waals surface area contributed by atoms with Gasteiger partial charge in [-0.3, -0.25) is 4.79 Å². The number of amides is 1. The van der Waals surface area contributed by atoms with Crippen molar-refractivity contribution in [1.82, 2.24) is 9.62 Å². The van der Waals surface area contributed by atoms with E-state index in [0.717, 1.165) is 6.42 Å². The number of rotatable bonds is 4. The molecule has 2 fully saturated rings. The molecule has 1 saturated carbocycles. The summed E-state index contributed by atoms with van der Waals surface area (Å²) in [6.45, 7) is 3.19. The molecule has 0 spiro atoms. The van der Waals surface area contributed by atoms with Gasteiger partial charge in [-0.05, 0) is 45.4 Å². The molecule has 5 nitrogen and oxygen atoms in total. The van der Waals surface area contributed by atoms with Crippen LogP contribution in [0.1, 0.15) is 34.9 Å². The molecule has 0 bridgehead atoms. The van der Waals surface area contributed by atoms with E-state index in [-0.39, 0.29) is 17.1 Å². The van der Waals surface area contributed by atoms with Gasteiger partial charge in [0.2, 0.25) is 15.9 Å². The van der Waals surface area contributed by atoms with Crippen LogP contribution in [-0.2, 0) is 14.8 Å². The molecule has 1 aromatic rings. The minimum Gasteiger partial charge on any atom is -0.342 e. The normalized spacial score (nSPS) is 26.2. The Bertz CT molecular complexity index is 660. The largest absolute Gasteiger partial charge is 0.342 e. The standard InChI is InChI=1S/C15H22N2O3S2/c1-10-3-4-14(21-10)12-9-13(12)15(18)17-7-5-11(6-8-17)22(19,20)16-2/h3-4,11-13,16H,5-9H2,1-2H3/t12-,13+/m0/s1. The van der Waals surface area contributed by atoms with Gasteiger partial charge in [0.15, 0.2) is 0 Å². The lowest BCUT2D eigenvalue weighted by Gasteiger charge is -2.31. The molecule has 1 aliphatic carbocycles. The highest BCUT2D eigenvalue weighted by Gasteiger charge is 2.47. The van der Waals surface area contributed by atoms with E-state index < -0.39 is 10.0 Å². The molecule has 1 saturated heterocycles. The third-order valence-corrected chi connectivity index (χ3v) is 7.76. The van der Waals surface area contributed by atoms with E-state index in [1.165, 1.54) is 16.8 Å². The summed E-state index contributed by atoms with van der Waals surface area (Å²) in [5, 5.41) is -0.364. The average Bonchev–Trinajstić information content (AvgIpc) is 3.21. The van der Waals surface area contributed by atoms with Crippen LogP contribution in [0.25, 0.3) is 0 Å². The van der Waals surface area contributed by atoms with E-state index >= 15 is 0 Å². The monoisotopic (exact) mass is 342 g/mol. The van der Waals surface area contributed by atoms with Crippen molar-refractivity contribution in [3.8, 4) is 0 Å². The zero-order valence-corrected chi connectivity index (χ0v) is 14.5. The fourth-order valence-electron chi connectivity index (χ4n) is 3.22. The second-order valence-corrected chi connectivity index (χ2v) is 9.66. The van der Waals surface area contributed by atoms with E-state index in [0.29, 0.717) is 31.8 Å². The van der Waals surface area contributed by atoms with Gasteiger partial charge in [-0.15, -0.1) is 11.3 Å². The minimum atomic E-state index is -3.21. The number of hydrogen-bond donors (Lipinski definition) is 1. The van der Waals surface area contributed by atoms with Crippen molar-refractivity contribution in [2.24, 2.45) is 5.92 Å². The first-order valence-corrected chi connectivity index (χ1v) is 10.1. The Hall–Kier alpha value is -0.920. The number of hydrogen-bond acceptors (Lipinski definition) is 4. The molecule has 3 rings (SSSR count). The molecule has 2 heterocycles. The molecule has 0 radical (unpaired) electrons. The van der Waals surface area contributed by atoms with Crippen LogP contribution in [0.5, 0.6) is 0 Å². The molecule has 1 aromatic heterocycles. The zero-order valence-electron chi connectivity index (χ0n) is 12.9. The predicted molar refractivity (Wildman–Crippen MR) is 87.5 cm³/mol. The van der Waals surface area contributed by atoms with Gasteiger partial charge in [0.25, 0.3) is 0 Å². The summed E-state index contributed by atoms with van der Waals surface area (Å²) in [5.41, 5.74) is 0. The van der Waals surface area contributed by atoms with E-state index in [1.54, 1.807) is 11.3 Å². The number of thiophene rings is 1. The van der Waals surface area contributed by atoms with Crippen molar-refractivity contribution in [3.05, 3.63) is 21.9 Å². The van der Waals surface area contributed by atoms with E-state index in [1.807, 2.05) is 4.90 Å². The van der Waals surface area contributed by atoms with Gasteiger partial charge in [-0.2, -0.15) is 0 Å². The second kappa shape index (κ2) is 5.94. The maximum atomic E-state index is 12.5. The number of aryl methyl sites for hydroxylation is 1. The van der Waals surface area contributed by atoms with Crippen LogP contribution >= 0.6 is 11.3 Å². The fourth-order valence-corrected chi connectivity index (χ4v) is 5.44. The van der Waals surface area contributed by atoms with E-state index in [2.05, 4.69) is 23.8 Å². The third kappa shape index (κ3) is 3.07. The predicted octanol–water partition coefficient (Wildman–Crippen LogP) is 1.70. The third-order valence-electron chi connectivity index (χ3n) is 4.71. The van der Waals surface area contributed by atoms with Crippen molar-refractivity contribution in [2.75, 3.05) is 20.1 Å². The van der Waals surface area contributed by atoms with Gasteiger partial charge >= 0.3 is 0 Å². The fraction of sp³-hybridized carbons (Fsp3) is 0.667. The lowest BCUT2D eigenvalue weighted by atomic mass is 10.1. The first kappa shape index (κ1) is 16.0. The maximum Gasteiger partial charge on any atom is 0.226 e. The van der Waals surface area contributed by atoms with Crippen molar-refractivity contribution in [2.45, 2.75) is 37.4 Å². The lowest BCUT2D eigenvalue weighted by Crippen LogP contribution is -2.45. The number of piperidine rings is 1. The van der Waals surface area contributed by atoms with Crippen LogP contribution in [0.3, 0.4) is 0 Å².